The number of aromatic nitrogens is 1. The molecule has 1 aromatic heterocycles. The number of amides is 1. The van der Waals surface area contributed by atoms with Gasteiger partial charge in [0.1, 0.15) is 29.0 Å². The van der Waals surface area contributed by atoms with Crippen LogP contribution >= 0.6 is 11.6 Å². The fourth-order valence-corrected chi connectivity index (χ4v) is 4.82. The SMILES string of the molecule is CCOC(=O)C1(c2ccc(Oc3ccc(-c4onc(C)c4NC(=O)O[C@H](C)c4ccccc4Cl)cc3)cc2)CC1. The van der Waals surface area contributed by atoms with Crippen LogP contribution in [0.4, 0.5) is 10.5 Å². The van der Waals surface area contributed by atoms with Crippen LogP contribution in [0.15, 0.2) is 77.3 Å². The first kappa shape index (κ1) is 27.3. The molecule has 0 spiro atoms. The van der Waals surface area contributed by atoms with Crippen molar-refractivity contribution >= 4 is 29.4 Å². The van der Waals surface area contributed by atoms with Crippen LogP contribution in [0.1, 0.15) is 49.6 Å². The molecule has 1 aliphatic rings. The van der Waals surface area contributed by atoms with E-state index in [0.717, 1.165) is 18.4 Å². The number of nitrogens with zero attached hydrogens (tertiary/aromatic N) is 1. The van der Waals surface area contributed by atoms with E-state index in [-0.39, 0.29) is 5.97 Å². The van der Waals surface area contributed by atoms with Crippen molar-refractivity contribution in [2.45, 2.75) is 45.1 Å². The second-order valence-electron chi connectivity index (χ2n) is 9.62. The predicted molar refractivity (Wildman–Crippen MR) is 151 cm³/mol. The highest BCUT2D eigenvalue weighted by molar-refractivity contribution is 6.31. The normalized spacial score (nSPS) is 14.2. The summed E-state index contributed by atoms with van der Waals surface area (Å²) in [6, 6.07) is 21.9. The van der Waals surface area contributed by atoms with Gasteiger partial charge in [0.15, 0.2) is 5.76 Å². The molecular formula is C31H29ClN2O6. The molecule has 40 heavy (non-hydrogen) atoms. The fourth-order valence-electron chi connectivity index (χ4n) is 4.53. The van der Waals surface area contributed by atoms with Gasteiger partial charge < -0.3 is 18.7 Å². The predicted octanol–water partition coefficient (Wildman–Crippen LogP) is 8.00. The molecule has 3 aromatic carbocycles. The minimum atomic E-state index is -0.653. The monoisotopic (exact) mass is 560 g/mol. The number of aryl methyl sites for hydroxylation is 1. The molecule has 8 nitrogen and oxygen atoms in total. The molecule has 0 bridgehead atoms. The van der Waals surface area contributed by atoms with E-state index >= 15 is 0 Å². The van der Waals surface area contributed by atoms with E-state index in [9.17, 15) is 9.59 Å². The number of ether oxygens (including phenoxy) is 3. The summed E-state index contributed by atoms with van der Waals surface area (Å²) in [6.45, 7) is 5.67. The molecule has 0 saturated heterocycles. The number of halogens is 1. The largest absolute Gasteiger partial charge is 0.465 e. The maximum Gasteiger partial charge on any atom is 0.412 e. The molecule has 4 aromatic rings. The maximum absolute atomic E-state index is 12.7. The van der Waals surface area contributed by atoms with Gasteiger partial charge in [-0.25, -0.2) is 4.79 Å². The van der Waals surface area contributed by atoms with Gasteiger partial charge in [0, 0.05) is 16.1 Å². The Morgan fingerprint density at radius 1 is 1.02 bits per heavy atom. The van der Waals surface area contributed by atoms with Gasteiger partial charge in [0.2, 0.25) is 0 Å². The van der Waals surface area contributed by atoms with E-state index in [2.05, 4.69) is 10.5 Å². The summed E-state index contributed by atoms with van der Waals surface area (Å²) in [5, 5.41) is 7.28. The standard InChI is InChI=1S/C31H29ClN2O6/c1-4-37-29(35)31(17-18-31)22-11-15-24(16-12-22)39-23-13-9-21(10-14-23)28-27(19(2)34-40-28)33-30(36)38-20(3)25-7-5-6-8-26(25)32/h5-16,20H,4,17-18H2,1-3H3,(H,33,36)/t20-/m1/s1. The number of esters is 1. The quantitative estimate of drug-likeness (QED) is 0.207. The number of nitrogens with one attached hydrogen (secondary N) is 1. The lowest BCUT2D eigenvalue weighted by molar-refractivity contribution is -0.146. The van der Waals surface area contributed by atoms with E-state index in [1.807, 2.05) is 55.5 Å². The van der Waals surface area contributed by atoms with Gasteiger partial charge in [0.05, 0.1) is 12.0 Å². The van der Waals surface area contributed by atoms with Crippen molar-refractivity contribution in [1.29, 1.82) is 0 Å². The number of carbonyl (C=O) groups excluding carboxylic acids is 2. The van der Waals surface area contributed by atoms with Crippen LogP contribution in [0.25, 0.3) is 11.3 Å². The zero-order chi connectivity index (χ0) is 28.3. The Balaban J connectivity index is 1.24. The summed E-state index contributed by atoms with van der Waals surface area (Å²) < 4.78 is 22.3. The van der Waals surface area contributed by atoms with Gasteiger partial charge in [-0.2, -0.15) is 0 Å². The van der Waals surface area contributed by atoms with E-state index in [4.69, 9.17) is 30.3 Å². The molecule has 1 N–H and O–H groups in total. The van der Waals surface area contributed by atoms with Crippen LogP contribution in [0.2, 0.25) is 5.02 Å². The van der Waals surface area contributed by atoms with E-state index < -0.39 is 17.6 Å². The Bertz CT molecular complexity index is 1510. The van der Waals surface area contributed by atoms with Crippen molar-refractivity contribution in [3.8, 4) is 22.8 Å². The number of hydrogen-bond donors (Lipinski definition) is 1. The molecule has 1 fully saturated rings. The number of benzene rings is 3. The lowest BCUT2D eigenvalue weighted by atomic mass is 9.96. The second-order valence-corrected chi connectivity index (χ2v) is 10.0. The topological polar surface area (TPSA) is 99.9 Å². The molecule has 1 atom stereocenters. The molecule has 0 unspecified atom stereocenters. The molecule has 1 aliphatic carbocycles. The van der Waals surface area contributed by atoms with Gasteiger partial charge in [0.25, 0.3) is 0 Å². The Hall–Kier alpha value is -4.30. The van der Waals surface area contributed by atoms with Gasteiger partial charge in [-0.3, -0.25) is 10.1 Å². The van der Waals surface area contributed by atoms with Crippen molar-refractivity contribution < 1.29 is 28.3 Å². The lowest BCUT2D eigenvalue weighted by Crippen LogP contribution is -2.23. The average molecular weight is 561 g/mol. The molecule has 206 valence electrons. The van der Waals surface area contributed by atoms with Crippen LogP contribution in [0, 0.1) is 6.92 Å². The van der Waals surface area contributed by atoms with Crippen LogP contribution in [0.5, 0.6) is 11.5 Å². The summed E-state index contributed by atoms with van der Waals surface area (Å²) >= 11 is 6.23. The third-order valence-electron chi connectivity index (χ3n) is 6.89. The van der Waals surface area contributed by atoms with E-state index in [1.165, 1.54) is 0 Å². The average Bonchev–Trinajstić information content (AvgIpc) is 3.69. The van der Waals surface area contributed by atoms with Gasteiger partial charge >= 0.3 is 12.1 Å². The van der Waals surface area contributed by atoms with Crippen molar-refractivity contribution in [2.75, 3.05) is 11.9 Å². The third kappa shape index (κ3) is 5.67. The Morgan fingerprint density at radius 3 is 2.30 bits per heavy atom. The Labute approximate surface area is 237 Å². The van der Waals surface area contributed by atoms with Crippen LogP contribution in [-0.4, -0.2) is 23.8 Å². The summed E-state index contributed by atoms with van der Waals surface area (Å²) in [5.74, 6) is 1.48. The molecule has 0 radical (unpaired) electrons. The first-order valence-electron chi connectivity index (χ1n) is 13.0. The van der Waals surface area contributed by atoms with Crippen LogP contribution in [-0.2, 0) is 19.7 Å². The number of anilines is 1. The first-order chi connectivity index (χ1) is 19.3. The summed E-state index contributed by atoms with van der Waals surface area (Å²) in [5.41, 5.74) is 2.75. The van der Waals surface area contributed by atoms with E-state index in [0.29, 0.717) is 51.4 Å². The van der Waals surface area contributed by atoms with Crippen molar-refractivity contribution in [3.05, 3.63) is 94.6 Å². The molecule has 1 heterocycles. The van der Waals surface area contributed by atoms with Crippen LogP contribution < -0.4 is 10.1 Å². The molecule has 0 aliphatic heterocycles. The zero-order valence-corrected chi connectivity index (χ0v) is 23.2. The smallest absolute Gasteiger partial charge is 0.412 e. The minimum absolute atomic E-state index is 0.167. The van der Waals surface area contributed by atoms with E-state index in [1.54, 1.807) is 38.1 Å². The van der Waals surface area contributed by atoms with Gasteiger partial charge in [-0.15, -0.1) is 0 Å². The van der Waals surface area contributed by atoms with Gasteiger partial charge in [-0.05, 0) is 81.6 Å². The Kier molecular flexibility index (Phi) is 7.80. The maximum atomic E-state index is 12.7. The first-order valence-corrected chi connectivity index (χ1v) is 13.4. The molecular weight excluding hydrogens is 532 g/mol. The fraction of sp³-hybridized carbons (Fsp3) is 0.258. The summed E-state index contributed by atoms with van der Waals surface area (Å²) in [6.07, 6.45) is 0.384. The third-order valence-corrected chi connectivity index (χ3v) is 7.24. The summed E-state index contributed by atoms with van der Waals surface area (Å²) in [7, 11) is 0. The Morgan fingerprint density at radius 2 is 1.68 bits per heavy atom. The summed E-state index contributed by atoms with van der Waals surface area (Å²) in [4.78, 5) is 25.0. The van der Waals surface area contributed by atoms with Crippen molar-refractivity contribution in [1.82, 2.24) is 5.16 Å². The second kappa shape index (κ2) is 11.4. The molecule has 1 amide bonds. The highest BCUT2D eigenvalue weighted by Gasteiger charge is 2.52. The molecule has 5 rings (SSSR count). The van der Waals surface area contributed by atoms with Crippen molar-refractivity contribution in [3.63, 3.8) is 0 Å². The highest BCUT2D eigenvalue weighted by atomic mass is 35.5. The number of hydrogen-bond acceptors (Lipinski definition) is 7. The lowest BCUT2D eigenvalue weighted by Gasteiger charge is -2.15. The highest BCUT2D eigenvalue weighted by Crippen LogP contribution is 2.49. The molecule has 9 heteroatoms. The zero-order valence-electron chi connectivity index (χ0n) is 22.4. The minimum Gasteiger partial charge on any atom is -0.465 e. The van der Waals surface area contributed by atoms with Crippen LogP contribution in [0.3, 0.4) is 0 Å². The number of carbonyl (C=O) groups is 2. The van der Waals surface area contributed by atoms with Crippen molar-refractivity contribution in [2.24, 2.45) is 0 Å². The number of rotatable bonds is 9. The molecule has 1 saturated carbocycles. The van der Waals surface area contributed by atoms with Gasteiger partial charge in [-0.1, -0.05) is 47.1 Å².